The second kappa shape index (κ2) is 4.38. The number of carbonyl (C=O) groups excluding carboxylic acids is 1. The number of primary amides is 1. The van der Waals surface area contributed by atoms with Crippen LogP contribution in [0.4, 0.5) is 4.39 Å². The third-order valence-electron chi connectivity index (χ3n) is 2.85. The van der Waals surface area contributed by atoms with Crippen LogP contribution in [0.3, 0.4) is 0 Å². The number of benzene rings is 1. The molecule has 5 nitrogen and oxygen atoms in total. The molecule has 0 radical (unpaired) electrons. The van der Waals surface area contributed by atoms with E-state index in [2.05, 4.69) is 4.99 Å². The Balaban J connectivity index is 2.52. The monoisotopic (exact) mass is 251 g/mol. The average molecular weight is 251 g/mol. The first-order valence-electron chi connectivity index (χ1n) is 5.44. The van der Waals surface area contributed by atoms with Crippen molar-refractivity contribution in [3.63, 3.8) is 0 Å². The van der Waals surface area contributed by atoms with Crippen LogP contribution in [0.5, 0.6) is 0 Å². The number of aliphatic imine (C=N–C) groups is 1. The summed E-state index contributed by atoms with van der Waals surface area (Å²) in [5.74, 6) is -0.786. The van der Waals surface area contributed by atoms with Gasteiger partial charge in [-0.1, -0.05) is 0 Å². The molecular weight excluding hydrogens is 237 g/mol. The van der Waals surface area contributed by atoms with Gasteiger partial charge in [0.25, 0.3) is 0 Å². The highest BCUT2D eigenvalue weighted by molar-refractivity contribution is 5.93. The topological polar surface area (TPSA) is 90.7 Å². The normalized spacial score (nSPS) is 23.6. The van der Waals surface area contributed by atoms with E-state index in [9.17, 15) is 9.18 Å². The number of carbonyl (C=O) groups is 1. The van der Waals surface area contributed by atoms with Crippen LogP contribution in [0.25, 0.3) is 0 Å². The molecule has 2 rings (SSSR count). The van der Waals surface area contributed by atoms with Gasteiger partial charge in [-0.15, -0.1) is 0 Å². The first-order valence-corrected chi connectivity index (χ1v) is 5.44. The van der Waals surface area contributed by atoms with Gasteiger partial charge in [0.1, 0.15) is 23.8 Å². The maximum atomic E-state index is 13.9. The van der Waals surface area contributed by atoms with E-state index in [0.29, 0.717) is 5.84 Å². The maximum Gasteiger partial charge on any atom is 0.248 e. The zero-order valence-corrected chi connectivity index (χ0v) is 9.94. The average Bonchev–Trinajstić information content (AvgIpc) is 2.28. The Bertz CT molecular complexity index is 530. The van der Waals surface area contributed by atoms with E-state index in [4.69, 9.17) is 16.2 Å². The van der Waals surface area contributed by atoms with Crippen molar-refractivity contribution in [2.45, 2.75) is 12.5 Å². The van der Waals surface area contributed by atoms with Gasteiger partial charge in [-0.25, -0.2) is 4.39 Å². The Hall–Kier alpha value is -1.95. The van der Waals surface area contributed by atoms with Gasteiger partial charge in [0.2, 0.25) is 5.91 Å². The lowest BCUT2D eigenvalue weighted by Crippen LogP contribution is -2.38. The van der Waals surface area contributed by atoms with Gasteiger partial charge in [-0.3, -0.25) is 9.79 Å². The van der Waals surface area contributed by atoms with Crippen molar-refractivity contribution < 1.29 is 13.9 Å². The van der Waals surface area contributed by atoms with Gasteiger partial charge < -0.3 is 16.2 Å². The minimum atomic E-state index is -0.933. The Labute approximate surface area is 104 Å². The van der Waals surface area contributed by atoms with Gasteiger partial charge in [0, 0.05) is 11.1 Å². The summed E-state index contributed by atoms with van der Waals surface area (Å²) in [5.41, 5.74) is 10.3. The molecule has 0 saturated heterocycles. The fraction of sp³-hybridized carbons (Fsp3) is 0.333. The fourth-order valence-electron chi connectivity index (χ4n) is 1.97. The molecule has 18 heavy (non-hydrogen) atoms. The number of hydrogen-bond donors (Lipinski definition) is 2. The number of amides is 1. The Morgan fingerprint density at radius 2 is 2.28 bits per heavy atom. The molecule has 0 bridgehead atoms. The number of halogens is 1. The molecule has 1 aromatic carbocycles. The summed E-state index contributed by atoms with van der Waals surface area (Å²) in [5, 5.41) is 0. The molecule has 0 aliphatic carbocycles. The smallest absolute Gasteiger partial charge is 0.248 e. The second-order valence-electron chi connectivity index (χ2n) is 4.43. The van der Waals surface area contributed by atoms with Gasteiger partial charge in [-0.2, -0.15) is 0 Å². The molecule has 6 heteroatoms. The molecule has 1 aromatic rings. The Kier molecular flexibility index (Phi) is 3.04. The summed E-state index contributed by atoms with van der Waals surface area (Å²) in [7, 11) is 0. The molecule has 0 aromatic heterocycles. The quantitative estimate of drug-likeness (QED) is 0.803. The van der Waals surface area contributed by atoms with Crippen molar-refractivity contribution >= 4 is 11.7 Å². The van der Waals surface area contributed by atoms with Crippen LogP contribution in [0, 0.1) is 5.82 Å². The second-order valence-corrected chi connectivity index (χ2v) is 4.43. The zero-order valence-electron chi connectivity index (χ0n) is 9.94. The van der Waals surface area contributed by atoms with Crippen LogP contribution in [0.1, 0.15) is 22.8 Å². The first kappa shape index (κ1) is 12.5. The van der Waals surface area contributed by atoms with Crippen LogP contribution < -0.4 is 11.5 Å². The van der Waals surface area contributed by atoms with E-state index in [1.165, 1.54) is 18.2 Å². The Morgan fingerprint density at radius 3 is 2.89 bits per heavy atom. The third-order valence-corrected chi connectivity index (χ3v) is 2.85. The highest BCUT2D eigenvalue weighted by Gasteiger charge is 2.33. The van der Waals surface area contributed by atoms with Crippen LogP contribution in [-0.2, 0) is 10.3 Å². The summed E-state index contributed by atoms with van der Waals surface area (Å²) in [6, 6.07) is 3.92. The summed E-state index contributed by atoms with van der Waals surface area (Å²) in [4.78, 5) is 15.3. The molecule has 0 saturated carbocycles. The SMILES string of the molecule is C[C@@]1(c2cc(C(N)=O)ccc2F)COCC(N)=N1. The van der Waals surface area contributed by atoms with Gasteiger partial charge in [0.15, 0.2) is 0 Å². The summed E-state index contributed by atoms with van der Waals surface area (Å²) in [6.45, 7) is 2.13. The predicted octanol–water partition coefficient (Wildman–Crippen LogP) is 0.527. The molecule has 0 unspecified atom stereocenters. The molecular formula is C12H14FN3O2. The molecule has 96 valence electrons. The van der Waals surface area contributed by atoms with Crippen molar-refractivity contribution in [1.82, 2.24) is 0 Å². The van der Waals surface area contributed by atoms with Gasteiger partial charge >= 0.3 is 0 Å². The fourth-order valence-corrected chi connectivity index (χ4v) is 1.97. The lowest BCUT2D eigenvalue weighted by molar-refractivity contribution is 0.0995. The van der Waals surface area contributed by atoms with Crippen molar-refractivity contribution in [2.24, 2.45) is 16.5 Å². The maximum absolute atomic E-state index is 13.9. The lowest BCUT2D eigenvalue weighted by atomic mass is 9.91. The minimum absolute atomic E-state index is 0.201. The molecule has 0 fully saturated rings. The highest BCUT2D eigenvalue weighted by atomic mass is 19.1. The van der Waals surface area contributed by atoms with Gasteiger partial charge in [-0.05, 0) is 25.1 Å². The van der Waals surface area contributed by atoms with Crippen molar-refractivity contribution in [3.05, 3.63) is 35.1 Å². The van der Waals surface area contributed by atoms with E-state index in [1.54, 1.807) is 6.92 Å². The molecule has 1 aliphatic rings. The molecule has 1 aliphatic heterocycles. The minimum Gasteiger partial charge on any atom is -0.386 e. The number of rotatable bonds is 2. The molecule has 1 amide bonds. The number of hydrogen-bond acceptors (Lipinski definition) is 4. The summed E-state index contributed by atoms with van der Waals surface area (Å²) in [6.07, 6.45) is 0. The summed E-state index contributed by atoms with van der Waals surface area (Å²) >= 11 is 0. The zero-order chi connectivity index (χ0) is 13.3. The van der Waals surface area contributed by atoms with Crippen molar-refractivity contribution in [1.29, 1.82) is 0 Å². The number of nitrogens with zero attached hydrogens (tertiary/aromatic N) is 1. The number of amidine groups is 1. The first-order chi connectivity index (χ1) is 8.42. The van der Waals surface area contributed by atoms with Crippen LogP contribution in [0.2, 0.25) is 0 Å². The van der Waals surface area contributed by atoms with E-state index < -0.39 is 17.3 Å². The number of nitrogens with two attached hydrogens (primary N) is 2. The van der Waals surface area contributed by atoms with E-state index >= 15 is 0 Å². The van der Waals surface area contributed by atoms with Gasteiger partial charge in [0.05, 0.1) is 6.61 Å². The van der Waals surface area contributed by atoms with Crippen LogP contribution >= 0.6 is 0 Å². The van der Waals surface area contributed by atoms with E-state index in [-0.39, 0.29) is 24.3 Å². The largest absolute Gasteiger partial charge is 0.386 e. The molecule has 1 atom stereocenters. The lowest BCUT2D eigenvalue weighted by Gasteiger charge is -2.30. The number of ether oxygens (including phenoxy) is 1. The van der Waals surface area contributed by atoms with E-state index in [1.807, 2.05) is 0 Å². The summed E-state index contributed by atoms with van der Waals surface area (Å²) < 4.78 is 19.1. The Morgan fingerprint density at radius 1 is 1.56 bits per heavy atom. The molecule has 1 heterocycles. The molecule has 4 N–H and O–H groups in total. The molecule has 0 spiro atoms. The highest BCUT2D eigenvalue weighted by Crippen LogP contribution is 2.30. The van der Waals surface area contributed by atoms with Crippen LogP contribution in [-0.4, -0.2) is 25.0 Å². The van der Waals surface area contributed by atoms with Crippen molar-refractivity contribution in [2.75, 3.05) is 13.2 Å². The standard InChI is InChI=1S/C12H14FN3O2/c1-12(6-18-5-10(14)16-12)8-4-7(11(15)17)2-3-9(8)13/h2-4H,5-6H2,1H3,(H2,14,16)(H2,15,17)/t12-/m0/s1. The third kappa shape index (κ3) is 2.19. The van der Waals surface area contributed by atoms with Crippen LogP contribution in [0.15, 0.2) is 23.2 Å². The van der Waals surface area contributed by atoms with E-state index in [0.717, 1.165) is 0 Å². The predicted molar refractivity (Wildman–Crippen MR) is 64.7 cm³/mol. The van der Waals surface area contributed by atoms with Crippen molar-refractivity contribution in [3.8, 4) is 0 Å².